The maximum Gasteiger partial charge on any atom is 0.193 e. The zero-order valence-electron chi connectivity index (χ0n) is 15.7. The van der Waals surface area contributed by atoms with Gasteiger partial charge in [0.2, 0.25) is 0 Å². The van der Waals surface area contributed by atoms with Gasteiger partial charge >= 0.3 is 0 Å². The number of rotatable bonds is 5. The van der Waals surface area contributed by atoms with Crippen molar-refractivity contribution in [2.45, 2.75) is 39.7 Å². The molecule has 140 valence electrons. The Morgan fingerprint density at radius 3 is 2.23 bits per heavy atom. The van der Waals surface area contributed by atoms with Crippen LogP contribution in [0.4, 0.5) is 5.69 Å². The monoisotopic (exact) mass is 465 g/mol. The molecule has 0 saturated carbocycles. The zero-order valence-corrected chi connectivity index (χ0v) is 18.0. The molecule has 0 heterocycles. The van der Waals surface area contributed by atoms with Gasteiger partial charge in [0.15, 0.2) is 5.96 Å². The molecule has 0 bridgehead atoms. The number of hydrogen-bond donors (Lipinski definition) is 2. The lowest BCUT2D eigenvalue weighted by Gasteiger charge is -2.21. The van der Waals surface area contributed by atoms with Crippen LogP contribution in [0.5, 0.6) is 5.75 Å². The van der Waals surface area contributed by atoms with Gasteiger partial charge in [-0.1, -0.05) is 31.2 Å². The maximum absolute atomic E-state index is 6.07. The van der Waals surface area contributed by atoms with E-state index in [2.05, 4.69) is 41.5 Å². The number of nitrogens with zero attached hydrogens (tertiary/aromatic N) is 1. The fraction of sp³-hybridized carbons (Fsp3) is 0.381. The van der Waals surface area contributed by atoms with Crippen molar-refractivity contribution in [3.05, 3.63) is 59.7 Å². The van der Waals surface area contributed by atoms with Crippen LogP contribution in [-0.4, -0.2) is 18.6 Å². The molecule has 2 aromatic rings. The summed E-state index contributed by atoms with van der Waals surface area (Å²) in [7, 11) is 0. The number of ether oxygens (including phenoxy) is 1. The Bertz CT molecular complexity index is 731. The van der Waals surface area contributed by atoms with Crippen molar-refractivity contribution in [3.8, 4) is 5.75 Å². The predicted molar refractivity (Wildman–Crippen MR) is 120 cm³/mol. The smallest absolute Gasteiger partial charge is 0.193 e. The molecule has 0 amide bonds. The average molecular weight is 465 g/mol. The standard InChI is InChI=1S/C21H27N3O.HI/c1-15(2)25-19-10-8-18(9-11-19)24-20(22)23-14-21(3)12-16-6-4-5-7-17(16)13-21;/h4-11,15H,12-14H2,1-3H3,(H3,22,23,24);1H. The first-order chi connectivity index (χ1) is 11.9. The summed E-state index contributed by atoms with van der Waals surface area (Å²) in [6.07, 6.45) is 2.28. The molecular weight excluding hydrogens is 437 g/mol. The summed E-state index contributed by atoms with van der Waals surface area (Å²) in [6.45, 7) is 7.02. The summed E-state index contributed by atoms with van der Waals surface area (Å²) in [5, 5.41) is 3.16. The van der Waals surface area contributed by atoms with Gasteiger partial charge in [-0.15, -0.1) is 24.0 Å². The average Bonchev–Trinajstić information content (AvgIpc) is 2.91. The van der Waals surface area contributed by atoms with Crippen molar-refractivity contribution in [2.75, 3.05) is 11.9 Å². The van der Waals surface area contributed by atoms with Crippen LogP contribution in [0.15, 0.2) is 53.5 Å². The zero-order chi connectivity index (χ0) is 17.9. The minimum absolute atomic E-state index is 0. The largest absolute Gasteiger partial charge is 0.491 e. The molecule has 0 aliphatic heterocycles. The van der Waals surface area contributed by atoms with Crippen molar-refractivity contribution in [1.82, 2.24) is 0 Å². The van der Waals surface area contributed by atoms with Gasteiger partial charge < -0.3 is 15.8 Å². The van der Waals surface area contributed by atoms with Crippen LogP contribution < -0.4 is 15.8 Å². The number of benzene rings is 2. The second kappa shape index (κ2) is 8.75. The van der Waals surface area contributed by atoms with Crippen LogP contribution in [0, 0.1) is 5.41 Å². The van der Waals surface area contributed by atoms with Gasteiger partial charge in [0, 0.05) is 12.2 Å². The third-order valence-electron chi connectivity index (χ3n) is 4.48. The molecular formula is C21H28IN3O. The topological polar surface area (TPSA) is 59.6 Å². The van der Waals surface area contributed by atoms with E-state index < -0.39 is 0 Å². The minimum Gasteiger partial charge on any atom is -0.491 e. The van der Waals surface area contributed by atoms with E-state index >= 15 is 0 Å². The van der Waals surface area contributed by atoms with Crippen LogP contribution in [0.25, 0.3) is 0 Å². The van der Waals surface area contributed by atoms with Crippen LogP contribution >= 0.6 is 24.0 Å². The Hall–Kier alpha value is -1.76. The molecule has 0 aromatic heterocycles. The fourth-order valence-electron chi connectivity index (χ4n) is 3.35. The number of aliphatic imine (C=N–C) groups is 1. The summed E-state index contributed by atoms with van der Waals surface area (Å²) in [4.78, 5) is 4.58. The van der Waals surface area contributed by atoms with E-state index in [0.29, 0.717) is 5.96 Å². The number of nitrogens with two attached hydrogens (primary N) is 1. The lowest BCUT2D eigenvalue weighted by Crippen LogP contribution is -2.27. The molecule has 0 atom stereocenters. The third kappa shape index (κ3) is 5.37. The molecule has 4 nitrogen and oxygen atoms in total. The van der Waals surface area contributed by atoms with Gasteiger partial charge in [0.1, 0.15) is 5.75 Å². The van der Waals surface area contributed by atoms with E-state index in [-0.39, 0.29) is 35.5 Å². The second-order valence-corrected chi connectivity index (χ2v) is 7.45. The molecule has 1 aliphatic rings. The summed E-state index contributed by atoms with van der Waals surface area (Å²) >= 11 is 0. The second-order valence-electron chi connectivity index (χ2n) is 7.45. The Labute approximate surface area is 173 Å². The van der Waals surface area contributed by atoms with Crippen molar-refractivity contribution in [1.29, 1.82) is 0 Å². The first kappa shape index (κ1) is 20.6. The number of anilines is 1. The van der Waals surface area contributed by atoms with Crippen molar-refractivity contribution >= 4 is 35.6 Å². The van der Waals surface area contributed by atoms with Gasteiger partial charge in [0.25, 0.3) is 0 Å². The van der Waals surface area contributed by atoms with Crippen molar-refractivity contribution < 1.29 is 4.74 Å². The highest BCUT2D eigenvalue weighted by Gasteiger charge is 2.32. The number of nitrogens with one attached hydrogen (secondary N) is 1. The van der Waals surface area contributed by atoms with E-state index in [1.807, 2.05) is 38.1 Å². The van der Waals surface area contributed by atoms with E-state index in [1.54, 1.807) is 0 Å². The highest BCUT2D eigenvalue weighted by molar-refractivity contribution is 14.0. The molecule has 3 N–H and O–H groups in total. The first-order valence-electron chi connectivity index (χ1n) is 8.84. The Morgan fingerprint density at radius 1 is 1.12 bits per heavy atom. The molecule has 0 radical (unpaired) electrons. The lowest BCUT2D eigenvalue weighted by atomic mass is 9.87. The quantitative estimate of drug-likeness (QED) is 0.385. The number of guanidine groups is 1. The fourth-order valence-corrected chi connectivity index (χ4v) is 3.35. The molecule has 3 rings (SSSR count). The molecule has 2 aromatic carbocycles. The molecule has 0 saturated heterocycles. The van der Waals surface area contributed by atoms with Gasteiger partial charge in [-0.2, -0.15) is 0 Å². The van der Waals surface area contributed by atoms with E-state index in [0.717, 1.165) is 30.8 Å². The molecule has 1 aliphatic carbocycles. The van der Waals surface area contributed by atoms with E-state index in [4.69, 9.17) is 10.5 Å². The van der Waals surface area contributed by atoms with Crippen LogP contribution in [0.2, 0.25) is 0 Å². The number of halogens is 1. The van der Waals surface area contributed by atoms with Crippen molar-refractivity contribution in [3.63, 3.8) is 0 Å². The third-order valence-corrected chi connectivity index (χ3v) is 4.48. The molecule has 0 unspecified atom stereocenters. The number of hydrogen-bond acceptors (Lipinski definition) is 2. The lowest BCUT2D eigenvalue weighted by molar-refractivity contribution is 0.242. The van der Waals surface area contributed by atoms with Gasteiger partial charge in [-0.25, -0.2) is 0 Å². The van der Waals surface area contributed by atoms with E-state index in [1.165, 1.54) is 11.1 Å². The summed E-state index contributed by atoms with van der Waals surface area (Å²) in [6, 6.07) is 16.4. The summed E-state index contributed by atoms with van der Waals surface area (Å²) in [5.74, 6) is 1.31. The highest BCUT2D eigenvalue weighted by Crippen LogP contribution is 2.36. The molecule has 26 heavy (non-hydrogen) atoms. The van der Waals surface area contributed by atoms with Gasteiger partial charge in [0.05, 0.1) is 6.10 Å². The first-order valence-corrected chi connectivity index (χ1v) is 8.84. The SMILES string of the molecule is CC(C)Oc1ccc(NC(N)=NCC2(C)Cc3ccccc3C2)cc1.I. The molecule has 5 heteroatoms. The maximum atomic E-state index is 6.07. The van der Waals surface area contributed by atoms with Crippen molar-refractivity contribution in [2.24, 2.45) is 16.1 Å². The minimum atomic E-state index is 0. The van der Waals surface area contributed by atoms with Crippen LogP contribution in [0.3, 0.4) is 0 Å². The highest BCUT2D eigenvalue weighted by atomic mass is 127. The Balaban J connectivity index is 0.00000243. The molecule has 0 fully saturated rings. The Kier molecular flexibility index (Phi) is 6.92. The van der Waals surface area contributed by atoms with Crippen LogP contribution in [0.1, 0.15) is 31.9 Å². The van der Waals surface area contributed by atoms with Crippen LogP contribution in [-0.2, 0) is 12.8 Å². The Morgan fingerprint density at radius 2 is 1.69 bits per heavy atom. The molecule has 0 spiro atoms. The normalized spacial score (nSPS) is 15.3. The summed E-state index contributed by atoms with van der Waals surface area (Å²) in [5.41, 5.74) is 10.0. The summed E-state index contributed by atoms with van der Waals surface area (Å²) < 4.78 is 5.64. The van der Waals surface area contributed by atoms with Gasteiger partial charge in [-0.3, -0.25) is 4.99 Å². The van der Waals surface area contributed by atoms with E-state index in [9.17, 15) is 0 Å². The number of fused-ring (bicyclic) bond motifs is 1. The predicted octanol–water partition coefficient (Wildman–Crippen LogP) is 4.62. The van der Waals surface area contributed by atoms with Gasteiger partial charge in [-0.05, 0) is 67.5 Å².